The zero-order chi connectivity index (χ0) is 11.3. The Morgan fingerprint density at radius 2 is 1.93 bits per heavy atom. The molecular weight excluding hydrogens is 195 g/mol. The van der Waals surface area contributed by atoms with E-state index in [9.17, 15) is 4.39 Å². The monoisotopic (exact) mass is 212 g/mol. The summed E-state index contributed by atoms with van der Waals surface area (Å²) in [7, 11) is 0. The Kier molecular flexibility index (Phi) is 4.27. The average Bonchev–Trinajstić information content (AvgIpc) is 2.21. The quantitative estimate of drug-likeness (QED) is 0.809. The van der Waals surface area contributed by atoms with Crippen molar-refractivity contribution in [2.75, 3.05) is 23.7 Å². The molecular formula is C10H17FN4. The van der Waals surface area contributed by atoms with Gasteiger partial charge in [-0.05, 0) is 12.8 Å². The maximum absolute atomic E-state index is 13.4. The van der Waals surface area contributed by atoms with Gasteiger partial charge in [0.05, 0.1) is 6.20 Å². The standard InChI is InChI=1S/C10H17FN4/c1-3-5-15(6-4-2)9-8(11)7-13-10(12)14-9/h7H,3-6H2,1-2H3,(H2,12,13,14). The summed E-state index contributed by atoms with van der Waals surface area (Å²) in [6, 6.07) is 0. The molecule has 0 aliphatic carbocycles. The molecule has 0 radical (unpaired) electrons. The summed E-state index contributed by atoms with van der Waals surface area (Å²) in [6.45, 7) is 5.65. The largest absolute Gasteiger partial charge is 0.368 e. The van der Waals surface area contributed by atoms with E-state index in [2.05, 4.69) is 9.97 Å². The number of halogens is 1. The Bertz CT molecular complexity index is 310. The van der Waals surface area contributed by atoms with Crippen molar-refractivity contribution >= 4 is 11.8 Å². The minimum Gasteiger partial charge on any atom is -0.368 e. The van der Waals surface area contributed by atoms with E-state index >= 15 is 0 Å². The van der Waals surface area contributed by atoms with Crippen LogP contribution < -0.4 is 10.6 Å². The van der Waals surface area contributed by atoms with E-state index in [-0.39, 0.29) is 5.95 Å². The summed E-state index contributed by atoms with van der Waals surface area (Å²) in [4.78, 5) is 9.43. The third-order valence-corrected chi connectivity index (χ3v) is 2.03. The third kappa shape index (κ3) is 3.04. The number of nitrogens with two attached hydrogens (primary N) is 1. The summed E-state index contributed by atoms with van der Waals surface area (Å²) in [6.07, 6.45) is 3.02. The van der Waals surface area contributed by atoms with Crippen molar-refractivity contribution < 1.29 is 4.39 Å². The number of anilines is 2. The Balaban J connectivity index is 2.93. The molecule has 84 valence electrons. The zero-order valence-corrected chi connectivity index (χ0v) is 9.20. The molecule has 0 aliphatic heterocycles. The van der Waals surface area contributed by atoms with Crippen molar-refractivity contribution in [2.24, 2.45) is 0 Å². The van der Waals surface area contributed by atoms with Crippen LogP contribution in [0.2, 0.25) is 0 Å². The molecule has 0 unspecified atom stereocenters. The lowest BCUT2D eigenvalue weighted by Crippen LogP contribution is -2.27. The van der Waals surface area contributed by atoms with E-state index in [1.165, 1.54) is 0 Å². The highest BCUT2D eigenvalue weighted by Gasteiger charge is 2.12. The SMILES string of the molecule is CCCN(CCC)c1nc(N)ncc1F. The minimum absolute atomic E-state index is 0.114. The van der Waals surface area contributed by atoms with Gasteiger partial charge in [-0.15, -0.1) is 0 Å². The highest BCUT2D eigenvalue weighted by Crippen LogP contribution is 2.16. The fourth-order valence-corrected chi connectivity index (χ4v) is 1.46. The second-order valence-electron chi connectivity index (χ2n) is 3.39. The predicted octanol–water partition coefficient (Wildman–Crippen LogP) is 1.82. The first-order valence-corrected chi connectivity index (χ1v) is 5.22. The average molecular weight is 212 g/mol. The van der Waals surface area contributed by atoms with Crippen molar-refractivity contribution in [3.05, 3.63) is 12.0 Å². The molecule has 0 spiro atoms. The summed E-state index contributed by atoms with van der Waals surface area (Å²) in [5.41, 5.74) is 5.44. The predicted molar refractivity (Wildman–Crippen MR) is 59.2 cm³/mol. The Morgan fingerprint density at radius 3 is 2.47 bits per heavy atom. The maximum atomic E-state index is 13.4. The number of rotatable bonds is 5. The fourth-order valence-electron chi connectivity index (χ4n) is 1.46. The lowest BCUT2D eigenvalue weighted by atomic mass is 10.3. The van der Waals surface area contributed by atoms with Crippen LogP contribution in [0.4, 0.5) is 16.2 Å². The van der Waals surface area contributed by atoms with E-state index in [0.29, 0.717) is 5.82 Å². The van der Waals surface area contributed by atoms with Gasteiger partial charge >= 0.3 is 0 Å². The molecule has 2 N–H and O–H groups in total. The van der Waals surface area contributed by atoms with E-state index in [4.69, 9.17) is 5.73 Å². The van der Waals surface area contributed by atoms with Crippen LogP contribution in [-0.2, 0) is 0 Å². The summed E-state index contributed by atoms with van der Waals surface area (Å²) in [5.74, 6) is 0.0147. The van der Waals surface area contributed by atoms with Crippen molar-refractivity contribution in [1.82, 2.24) is 9.97 Å². The number of hydrogen-bond donors (Lipinski definition) is 1. The molecule has 15 heavy (non-hydrogen) atoms. The molecule has 1 rings (SSSR count). The second kappa shape index (κ2) is 5.48. The normalized spacial score (nSPS) is 10.3. The van der Waals surface area contributed by atoms with Crippen molar-refractivity contribution in [1.29, 1.82) is 0 Å². The lowest BCUT2D eigenvalue weighted by molar-refractivity contribution is 0.598. The number of aromatic nitrogens is 2. The van der Waals surface area contributed by atoms with Crippen LogP contribution >= 0.6 is 0 Å². The molecule has 0 atom stereocenters. The Morgan fingerprint density at radius 1 is 1.33 bits per heavy atom. The number of hydrogen-bond acceptors (Lipinski definition) is 4. The van der Waals surface area contributed by atoms with Gasteiger partial charge < -0.3 is 10.6 Å². The fraction of sp³-hybridized carbons (Fsp3) is 0.600. The first kappa shape index (κ1) is 11.7. The molecule has 0 saturated heterocycles. The Hall–Kier alpha value is -1.39. The molecule has 0 aliphatic rings. The molecule has 4 nitrogen and oxygen atoms in total. The van der Waals surface area contributed by atoms with Gasteiger partial charge in [0.25, 0.3) is 0 Å². The van der Waals surface area contributed by atoms with E-state index < -0.39 is 5.82 Å². The summed E-state index contributed by atoms with van der Waals surface area (Å²) < 4.78 is 13.4. The molecule has 1 aromatic heterocycles. The first-order chi connectivity index (χ1) is 7.19. The van der Waals surface area contributed by atoms with Crippen LogP contribution in [0.5, 0.6) is 0 Å². The van der Waals surface area contributed by atoms with Crippen LogP contribution in [-0.4, -0.2) is 23.1 Å². The Labute approximate surface area is 89.3 Å². The molecule has 0 amide bonds. The lowest BCUT2D eigenvalue weighted by Gasteiger charge is -2.22. The van der Waals surface area contributed by atoms with Gasteiger partial charge in [-0.3, -0.25) is 0 Å². The van der Waals surface area contributed by atoms with Crippen LogP contribution in [0, 0.1) is 5.82 Å². The van der Waals surface area contributed by atoms with Crippen molar-refractivity contribution in [3.63, 3.8) is 0 Å². The smallest absolute Gasteiger partial charge is 0.222 e. The van der Waals surface area contributed by atoms with Gasteiger partial charge in [0.15, 0.2) is 11.6 Å². The summed E-state index contributed by atoms with van der Waals surface area (Å²) >= 11 is 0. The third-order valence-electron chi connectivity index (χ3n) is 2.03. The van der Waals surface area contributed by atoms with Gasteiger partial charge in [-0.1, -0.05) is 13.8 Å². The maximum Gasteiger partial charge on any atom is 0.222 e. The first-order valence-electron chi connectivity index (χ1n) is 5.22. The van der Waals surface area contributed by atoms with Crippen LogP contribution in [0.15, 0.2) is 6.20 Å². The molecule has 1 heterocycles. The van der Waals surface area contributed by atoms with Crippen molar-refractivity contribution in [2.45, 2.75) is 26.7 Å². The van der Waals surface area contributed by atoms with E-state index in [0.717, 1.165) is 32.1 Å². The number of nitrogens with zero attached hydrogens (tertiary/aromatic N) is 3. The second-order valence-corrected chi connectivity index (χ2v) is 3.39. The van der Waals surface area contributed by atoms with E-state index in [1.54, 1.807) is 0 Å². The highest BCUT2D eigenvalue weighted by atomic mass is 19.1. The van der Waals surface area contributed by atoms with Gasteiger partial charge in [0, 0.05) is 13.1 Å². The van der Waals surface area contributed by atoms with Crippen LogP contribution in [0.3, 0.4) is 0 Å². The molecule has 1 aromatic rings. The van der Waals surface area contributed by atoms with Gasteiger partial charge in [-0.25, -0.2) is 9.37 Å². The van der Waals surface area contributed by atoms with Gasteiger partial charge in [0.1, 0.15) is 0 Å². The summed E-state index contributed by atoms with van der Waals surface area (Å²) in [5, 5.41) is 0. The van der Waals surface area contributed by atoms with Crippen molar-refractivity contribution in [3.8, 4) is 0 Å². The topological polar surface area (TPSA) is 55.0 Å². The van der Waals surface area contributed by atoms with Crippen LogP contribution in [0.1, 0.15) is 26.7 Å². The van der Waals surface area contributed by atoms with Gasteiger partial charge in [-0.2, -0.15) is 4.98 Å². The zero-order valence-electron chi connectivity index (χ0n) is 9.20. The molecule has 0 fully saturated rings. The molecule has 0 saturated carbocycles. The highest BCUT2D eigenvalue weighted by molar-refractivity contribution is 5.42. The molecule has 5 heteroatoms. The molecule has 0 aromatic carbocycles. The van der Waals surface area contributed by atoms with Crippen LogP contribution in [0.25, 0.3) is 0 Å². The van der Waals surface area contributed by atoms with Gasteiger partial charge in [0.2, 0.25) is 5.95 Å². The minimum atomic E-state index is -0.411. The molecule has 0 bridgehead atoms. The van der Waals surface area contributed by atoms with E-state index in [1.807, 2.05) is 18.7 Å². The number of nitrogen functional groups attached to an aromatic ring is 1.